The van der Waals surface area contributed by atoms with Gasteiger partial charge in [0, 0.05) is 0 Å². The predicted molar refractivity (Wildman–Crippen MR) is 140 cm³/mol. The zero-order chi connectivity index (χ0) is 18.6. The monoisotopic (exact) mass is 458 g/mol. The van der Waals surface area contributed by atoms with Crippen LogP contribution in [0.25, 0.3) is 0 Å². The fourth-order valence-electron chi connectivity index (χ4n) is 2.08. The molecule has 8 heteroatoms. The molecule has 0 saturated carbocycles. The molecule has 22 heavy (non-hydrogen) atoms. The van der Waals surface area contributed by atoms with Crippen LogP contribution in [0.5, 0.6) is 0 Å². The molecule has 0 aliphatic heterocycles. The Morgan fingerprint density at radius 3 is 0.727 bits per heavy atom. The fourth-order valence-corrected chi connectivity index (χ4v) is 11.5. The molecule has 0 spiro atoms. The lowest BCUT2D eigenvalue weighted by molar-refractivity contribution is 1.04. The van der Waals surface area contributed by atoms with Crippen molar-refractivity contribution in [3.8, 4) is 0 Å². The first-order chi connectivity index (χ1) is 9.93. The van der Waals surface area contributed by atoms with Gasteiger partial charge in [0.2, 0.25) is 0 Å². The summed E-state index contributed by atoms with van der Waals surface area (Å²) in [5.74, 6) is 0. The van der Waals surface area contributed by atoms with E-state index >= 15 is 0 Å². The summed E-state index contributed by atoms with van der Waals surface area (Å²) < 4.78 is 1.83. The highest BCUT2D eigenvalue weighted by molar-refractivity contribution is 8.59. The molecule has 0 amide bonds. The van der Waals surface area contributed by atoms with Gasteiger partial charge in [0.25, 0.3) is 0 Å². The molecule has 0 unspecified atom stereocenters. The van der Waals surface area contributed by atoms with Crippen molar-refractivity contribution in [2.75, 3.05) is 0 Å². The summed E-state index contributed by atoms with van der Waals surface area (Å²) in [7, 11) is -0.284. The molecule has 0 aliphatic rings. The molecule has 0 N–H and O–H groups in total. The third kappa shape index (κ3) is 14.6. The van der Waals surface area contributed by atoms with E-state index in [0.717, 1.165) is 7.06 Å². The summed E-state index contributed by atoms with van der Waals surface area (Å²) in [5, 5.41) is 2.72. The SMILES string of the molecule is CC(C)[SH](C(=S)S)C(C)C.CC(C)[SH](C(=S)S)C(C)C.SS. The molecule has 0 atom stereocenters. The normalized spacial score (nSPS) is 11.6. The van der Waals surface area contributed by atoms with Gasteiger partial charge >= 0.3 is 0 Å². The topological polar surface area (TPSA) is 0 Å². The van der Waals surface area contributed by atoms with E-state index in [2.05, 4.69) is 104 Å². The molecule has 0 heterocycles. The molecule has 0 radical (unpaired) electrons. The Balaban J connectivity index is -0.000000294. The third-order valence-corrected chi connectivity index (χ3v) is 10.7. The Morgan fingerprint density at radius 2 is 0.727 bits per heavy atom. The lowest BCUT2D eigenvalue weighted by Crippen LogP contribution is -2.11. The van der Waals surface area contributed by atoms with E-state index < -0.39 is 0 Å². The highest BCUT2D eigenvalue weighted by atomic mass is 33.1. The zero-order valence-corrected chi connectivity index (χ0v) is 21.8. The van der Waals surface area contributed by atoms with Crippen LogP contribution in [-0.4, -0.2) is 28.1 Å². The highest BCUT2D eigenvalue weighted by Gasteiger charge is 2.15. The van der Waals surface area contributed by atoms with Crippen LogP contribution in [0.2, 0.25) is 0 Å². The molecular weight excluding hydrogens is 425 g/mol. The Labute approximate surface area is 176 Å². The van der Waals surface area contributed by atoms with Gasteiger partial charge in [0.1, 0.15) is 0 Å². The van der Waals surface area contributed by atoms with Gasteiger partial charge in [-0.3, -0.25) is 0 Å². The quantitative estimate of drug-likeness (QED) is 0.156. The number of thiol groups is 6. The van der Waals surface area contributed by atoms with E-state index in [9.17, 15) is 0 Å². The lowest BCUT2D eigenvalue weighted by Gasteiger charge is -2.27. The van der Waals surface area contributed by atoms with Gasteiger partial charge in [-0.05, 0) is 21.0 Å². The number of rotatable bonds is 4. The molecule has 0 aromatic rings. The summed E-state index contributed by atoms with van der Waals surface area (Å²) in [6, 6.07) is 0. The molecule has 0 saturated heterocycles. The Bertz CT molecular complexity index is 253. The zero-order valence-electron chi connectivity index (χ0n) is 14.8. The number of hydrogen-bond donors (Lipinski definition) is 6. The average Bonchev–Trinajstić information content (AvgIpc) is 2.28. The summed E-state index contributed by atoms with van der Waals surface area (Å²) in [6.45, 7) is 17.7. The van der Waals surface area contributed by atoms with Crippen molar-refractivity contribution in [1.29, 1.82) is 0 Å². The fraction of sp³-hybridized carbons (Fsp3) is 0.857. The molecule has 0 rings (SSSR count). The second-order valence-corrected chi connectivity index (χ2v) is 16.0. The van der Waals surface area contributed by atoms with Crippen molar-refractivity contribution >= 4 is 102 Å². The Kier molecular flexibility index (Phi) is 22.1. The molecule has 0 aromatic heterocycles. The van der Waals surface area contributed by atoms with Crippen LogP contribution >= 0.6 is 94.8 Å². The standard InChI is InChI=1S/2C7H16S3.H2S2/c2*1-5(2)10(6(3)4)7(8)9;1-2/h2*5-6,10H,1-4H3,(H,8,9);1-2H. The second kappa shape index (κ2) is 16.7. The van der Waals surface area contributed by atoms with Crippen LogP contribution in [0, 0.1) is 0 Å². The molecule has 0 aliphatic carbocycles. The van der Waals surface area contributed by atoms with Crippen LogP contribution < -0.4 is 0 Å². The predicted octanol–water partition coefficient (Wildman–Crippen LogP) is 6.80. The smallest absolute Gasteiger partial charge is 0.0815 e. The molecule has 0 aromatic carbocycles. The third-order valence-electron chi connectivity index (χ3n) is 2.67. The van der Waals surface area contributed by atoms with E-state index in [1.165, 1.54) is 0 Å². The van der Waals surface area contributed by atoms with Crippen LogP contribution in [0.4, 0.5) is 0 Å². The van der Waals surface area contributed by atoms with Gasteiger partial charge in [-0.15, -0.1) is 48.6 Å². The van der Waals surface area contributed by atoms with Gasteiger partial charge in [-0.1, -0.05) is 79.8 Å². The highest BCUT2D eigenvalue weighted by Crippen LogP contribution is 2.40. The van der Waals surface area contributed by atoms with Crippen molar-refractivity contribution in [1.82, 2.24) is 0 Å². The van der Waals surface area contributed by atoms with Crippen LogP contribution in [0.15, 0.2) is 0 Å². The maximum Gasteiger partial charge on any atom is 0.0815 e. The Hall–Kier alpha value is 2.28. The minimum atomic E-state index is -0.142. The first-order valence-corrected chi connectivity index (χ1v) is 13.4. The minimum absolute atomic E-state index is 0.142. The molecular formula is C14H34S8. The van der Waals surface area contributed by atoms with E-state index in [-0.39, 0.29) is 21.8 Å². The lowest BCUT2D eigenvalue weighted by atomic mass is 10.5. The van der Waals surface area contributed by atoms with Crippen molar-refractivity contribution in [2.24, 2.45) is 0 Å². The summed E-state index contributed by atoms with van der Waals surface area (Å²) >= 11 is 25.0. The van der Waals surface area contributed by atoms with Gasteiger partial charge in [0.05, 0.1) is 7.06 Å². The van der Waals surface area contributed by atoms with Gasteiger partial charge < -0.3 is 0 Å². The molecule has 0 bridgehead atoms. The molecule has 0 fully saturated rings. The summed E-state index contributed by atoms with van der Waals surface area (Å²) in [4.78, 5) is 0. The van der Waals surface area contributed by atoms with Gasteiger partial charge in [-0.25, -0.2) is 21.8 Å². The minimum Gasteiger partial charge on any atom is -0.207 e. The maximum absolute atomic E-state index is 5.06. The van der Waals surface area contributed by atoms with Crippen molar-refractivity contribution in [2.45, 2.75) is 76.4 Å². The van der Waals surface area contributed by atoms with Gasteiger partial charge in [-0.2, -0.15) is 0 Å². The van der Waals surface area contributed by atoms with Crippen molar-refractivity contribution in [3.63, 3.8) is 0 Å². The van der Waals surface area contributed by atoms with Gasteiger partial charge in [0.15, 0.2) is 0 Å². The number of hydrogen-bond acceptors (Lipinski definition) is 4. The molecule has 0 nitrogen and oxygen atoms in total. The van der Waals surface area contributed by atoms with Crippen LogP contribution in [0.1, 0.15) is 55.4 Å². The summed E-state index contributed by atoms with van der Waals surface area (Å²) in [5.41, 5.74) is 0. The largest absolute Gasteiger partial charge is 0.207 e. The maximum atomic E-state index is 5.06. The first-order valence-electron chi connectivity index (χ1n) is 7.15. The van der Waals surface area contributed by atoms with E-state index in [0.29, 0.717) is 21.0 Å². The van der Waals surface area contributed by atoms with Crippen LogP contribution in [0.3, 0.4) is 0 Å². The molecule has 138 valence electrons. The average molecular weight is 459 g/mol. The second-order valence-electron chi connectivity index (χ2n) is 5.75. The Morgan fingerprint density at radius 1 is 0.591 bits per heavy atom. The van der Waals surface area contributed by atoms with E-state index in [1.54, 1.807) is 0 Å². The summed E-state index contributed by atoms with van der Waals surface area (Å²) in [6.07, 6.45) is 0. The number of thiocarbonyl (C=S) groups is 2. The van der Waals surface area contributed by atoms with Crippen molar-refractivity contribution in [3.05, 3.63) is 0 Å². The van der Waals surface area contributed by atoms with E-state index in [4.69, 9.17) is 24.4 Å². The first kappa shape index (κ1) is 29.1. The van der Waals surface area contributed by atoms with Crippen LogP contribution in [-0.2, 0) is 0 Å². The van der Waals surface area contributed by atoms with Crippen molar-refractivity contribution < 1.29 is 0 Å². The van der Waals surface area contributed by atoms with E-state index in [1.807, 2.05) is 0 Å².